The predicted molar refractivity (Wildman–Crippen MR) is 253 cm³/mol. The fraction of sp³-hybridized carbons (Fsp3) is 0. The molecule has 0 atom stereocenters. The number of aromatic nitrogens is 7. The summed E-state index contributed by atoms with van der Waals surface area (Å²) in [4.78, 5) is 25.6. The summed E-state index contributed by atoms with van der Waals surface area (Å²) in [6.07, 6.45) is 3.76. The first-order chi connectivity index (χ1) is 31.2. The molecule has 294 valence electrons. The number of furan rings is 1. The second-order valence-corrected chi connectivity index (χ2v) is 15.7. The highest BCUT2D eigenvalue weighted by Gasteiger charge is 2.25. The lowest BCUT2D eigenvalue weighted by Crippen LogP contribution is -2.01. The summed E-state index contributed by atoms with van der Waals surface area (Å²) in [5.41, 5.74) is 12.2. The van der Waals surface area contributed by atoms with Gasteiger partial charge in [0.05, 0.1) is 27.8 Å². The van der Waals surface area contributed by atoms with Crippen LogP contribution in [0.1, 0.15) is 0 Å². The largest absolute Gasteiger partial charge is 0.456 e. The molecule has 0 saturated heterocycles. The number of hydrogen-bond acceptors (Lipinski definition) is 6. The summed E-state index contributed by atoms with van der Waals surface area (Å²) in [5.74, 6) is 1.62. The lowest BCUT2D eigenvalue weighted by atomic mass is 10.0. The minimum absolute atomic E-state index is 0.480. The maximum atomic E-state index is 6.44. The third-order valence-electron chi connectivity index (χ3n) is 12.1. The molecular formula is C55H33N7O. The van der Waals surface area contributed by atoms with Crippen molar-refractivity contribution >= 4 is 65.6 Å². The monoisotopic (exact) mass is 807 g/mol. The van der Waals surface area contributed by atoms with Gasteiger partial charge in [-0.1, -0.05) is 121 Å². The maximum absolute atomic E-state index is 6.44. The van der Waals surface area contributed by atoms with Gasteiger partial charge in [-0.15, -0.1) is 0 Å². The van der Waals surface area contributed by atoms with Crippen LogP contribution in [0.3, 0.4) is 0 Å². The predicted octanol–water partition coefficient (Wildman–Crippen LogP) is 13.4. The molecule has 0 bridgehead atoms. The average molecular weight is 808 g/mol. The third kappa shape index (κ3) is 5.52. The van der Waals surface area contributed by atoms with Crippen molar-refractivity contribution in [1.29, 1.82) is 0 Å². The van der Waals surface area contributed by atoms with Crippen molar-refractivity contribution in [2.75, 3.05) is 0 Å². The molecule has 0 aliphatic heterocycles. The Kier molecular flexibility index (Phi) is 7.74. The topological polar surface area (TPSA) is 87.5 Å². The van der Waals surface area contributed by atoms with Crippen LogP contribution in [-0.2, 0) is 0 Å². The Morgan fingerprint density at radius 2 is 0.857 bits per heavy atom. The Morgan fingerprint density at radius 3 is 1.51 bits per heavy atom. The fourth-order valence-electron chi connectivity index (χ4n) is 9.30. The van der Waals surface area contributed by atoms with Gasteiger partial charge in [0.2, 0.25) is 0 Å². The van der Waals surface area contributed by atoms with Crippen LogP contribution in [0.15, 0.2) is 205 Å². The Hall–Kier alpha value is -8.75. The average Bonchev–Trinajstić information content (AvgIpc) is 4.01. The number of pyridine rings is 2. The van der Waals surface area contributed by atoms with Crippen LogP contribution >= 0.6 is 0 Å². The van der Waals surface area contributed by atoms with Gasteiger partial charge in [-0.2, -0.15) is 0 Å². The van der Waals surface area contributed by atoms with Crippen LogP contribution in [-0.4, -0.2) is 34.1 Å². The lowest BCUT2D eigenvalue weighted by molar-refractivity contribution is 0.669. The van der Waals surface area contributed by atoms with E-state index in [2.05, 4.69) is 118 Å². The van der Waals surface area contributed by atoms with Crippen LogP contribution in [0, 0.1) is 0 Å². The Morgan fingerprint density at radius 1 is 0.333 bits per heavy atom. The zero-order chi connectivity index (χ0) is 41.4. The van der Waals surface area contributed by atoms with E-state index in [1.54, 1.807) is 0 Å². The van der Waals surface area contributed by atoms with E-state index in [1.807, 2.05) is 91.3 Å². The second kappa shape index (κ2) is 13.9. The van der Waals surface area contributed by atoms with Gasteiger partial charge in [-0.25, -0.2) is 15.0 Å². The molecule has 0 saturated carbocycles. The molecule has 8 heteroatoms. The van der Waals surface area contributed by atoms with E-state index in [-0.39, 0.29) is 0 Å². The van der Waals surface area contributed by atoms with Gasteiger partial charge in [0.15, 0.2) is 17.5 Å². The SMILES string of the molecule is c1ccc(-c2nc(-c3ccccc3)nc(-c3nccc4c3c3c(-c5ccc6c(c5)c5cc7c(cc5n6-c5ccccc5)oc5ccccc57)nccc3n4-c3ccccc3)n2)cc1. The van der Waals surface area contributed by atoms with E-state index < -0.39 is 0 Å². The van der Waals surface area contributed by atoms with Gasteiger partial charge < -0.3 is 13.6 Å². The summed E-state index contributed by atoms with van der Waals surface area (Å²) in [5, 5.41) is 6.27. The first-order valence-corrected chi connectivity index (χ1v) is 20.9. The van der Waals surface area contributed by atoms with Crippen LogP contribution in [0.25, 0.3) is 122 Å². The third-order valence-corrected chi connectivity index (χ3v) is 12.1. The van der Waals surface area contributed by atoms with Crippen molar-refractivity contribution in [2.45, 2.75) is 0 Å². The molecule has 13 rings (SSSR count). The molecule has 7 aromatic carbocycles. The molecule has 0 radical (unpaired) electrons. The number of benzene rings is 7. The first kappa shape index (κ1) is 35.0. The van der Waals surface area contributed by atoms with Gasteiger partial charge >= 0.3 is 0 Å². The highest BCUT2D eigenvalue weighted by atomic mass is 16.3. The molecule has 8 nitrogen and oxygen atoms in total. The minimum Gasteiger partial charge on any atom is -0.456 e. The summed E-state index contributed by atoms with van der Waals surface area (Å²) in [6.45, 7) is 0. The quantitative estimate of drug-likeness (QED) is 0.166. The molecule has 0 unspecified atom stereocenters. The van der Waals surface area contributed by atoms with Crippen molar-refractivity contribution < 1.29 is 4.42 Å². The Bertz CT molecular complexity index is 3840. The van der Waals surface area contributed by atoms with Gasteiger partial charge in [-0.3, -0.25) is 9.97 Å². The normalized spacial score (nSPS) is 11.8. The van der Waals surface area contributed by atoms with E-state index >= 15 is 0 Å². The van der Waals surface area contributed by atoms with E-state index in [0.29, 0.717) is 23.2 Å². The van der Waals surface area contributed by atoms with Crippen molar-refractivity contribution in [3.05, 3.63) is 200 Å². The summed E-state index contributed by atoms with van der Waals surface area (Å²) in [6, 6.07) is 64.6. The zero-order valence-electron chi connectivity index (χ0n) is 33.6. The first-order valence-electron chi connectivity index (χ1n) is 20.9. The second-order valence-electron chi connectivity index (χ2n) is 15.7. The number of nitrogens with zero attached hydrogens (tertiary/aromatic N) is 7. The zero-order valence-corrected chi connectivity index (χ0v) is 33.6. The summed E-state index contributed by atoms with van der Waals surface area (Å²) < 4.78 is 11.1. The highest BCUT2D eigenvalue weighted by molar-refractivity contribution is 6.21. The molecule has 0 spiro atoms. The van der Waals surface area contributed by atoms with Gasteiger partial charge in [0.1, 0.15) is 16.9 Å². The Balaban J connectivity index is 1.12. The molecule has 6 heterocycles. The van der Waals surface area contributed by atoms with Crippen LogP contribution < -0.4 is 0 Å². The number of para-hydroxylation sites is 3. The molecule has 13 aromatic rings. The van der Waals surface area contributed by atoms with Gasteiger partial charge in [-0.05, 0) is 60.7 Å². The smallest absolute Gasteiger partial charge is 0.183 e. The Labute approximate surface area is 360 Å². The molecule has 0 aliphatic carbocycles. The van der Waals surface area contributed by atoms with E-state index in [0.717, 1.165) is 99.3 Å². The molecule has 63 heavy (non-hydrogen) atoms. The molecule has 0 aliphatic rings. The standard InChI is InChI=1S/C55H33N7O/c1-5-15-34(16-6-1)53-58-54(35-17-7-2-8-18-35)60-55(59-53)52-50-45(28-30-57-52)62(38-21-11-4-12-22-38)44-27-29-56-51(49(44)50)36-25-26-43-40(31-36)41-32-42-39-23-13-14-24-47(39)63-48(42)33-46(41)61(43)37-19-9-3-10-20-37/h1-33H. The molecule has 0 fully saturated rings. The van der Waals surface area contributed by atoms with E-state index in [1.165, 1.54) is 0 Å². The summed E-state index contributed by atoms with van der Waals surface area (Å²) >= 11 is 0. The van der Waals surface area contributed by atoms with Crippen LogP contribution in [0.5, 0.6) is 0 Å². The summed E-state index contributed by atoms with van der Waals surface area (Å²) in [7, 11) is 0. The molecule has 0 N–H and O–H groups in total. The molecule has 0 amide bonds. The van der Waals surface area contributed by atoms with Crippen molar-refractivity contribution in [2.24, 2.45) is 0 Å². The molecular weight excluding hydrogens is 775 g/mol. The number of fused-ring (bicyclic) bond motifs is 9. The fourth-order valence-corrected chi connectivity index (χ4v) is 9.30. The van der Waals surface area contributed by atoms with Gasteiger partial charge in [0, 0.05) is 78.8 Å². The van der Waals surface area contributed by atoms with E-state index in [9.17, 15) is 0 Å². The highest BCUT2D eigenvalue weighted by Crippen LogP contribution is 2.44. The van der Waals surface area contributed by atoms with Crippen molar-refractivity contribution in [3.63, 3.8) is 0 Å². The van der Waals surface area contributed by atoms with Crippen LogP contribution in [0.2, 0.25) is 0 Å². The molecule has 6 aromatic heterocycles. The number of rotatable bonds is 6. The van der Waals surface area contributed by atoms with Gasteiger partial charge in [0.25, 0.3) is 0 Å². The van der Waals surface area contributed by atoms with Crippen molar-refractivity contribution in [1.82, 2.24) is 34.1 Å². The minimum atomic E-state index is 0.480. The maximum Gasteiger partial charge on any atom is 0.183 e. The lowest BCUT2D eigenvalue weighted by Gasteiger charge is -2.10. The number of hydrogen-bond donors (Lipinski definition) is 0. The van der Waals surface area contributed by atoms with E-state index in [4.69, 9.17) is 29.3 Å². The van der Waals surface area contributed by atoms with Crippen molar-refractivity contribution in [3.8, 4) is 56.9 Å². The van der Waals surface area contributed by atoms with Crippen LogP contribution in [0.4, 0.5) is 0 Å².